The first kappa shape index (κ1) is 9.17. The van der Waals surface area contributed by atoms with Crippen LogP contribution in [0.4, 0.5) is 0 Å². The van der Waals surface area contributed by atoms with E-state index in [9.17, 15) is 9.59 Å². The molecule has 58 valence electrons. The molecule has 0 aromatic rings. The highest BCUT2D eigenvalue weighted by molar-refractivity contribution is 5.91. The van der Waals surface area contributed by atoms with Crippen molar-refractivity contribution in [1.29, 1.82) is 5.26 Å². The van der Waals surface area contributed by atoms with Crippen LogP contribution in [0.1, 0.15) is 0 Å². The molecular weight excluding hydrogens is 150 g/mol. The van der Waals surface area contributed by atoms with Gasteiger partial charge in [-0.1, -0.05) is 0 Å². The van der Waals surface area contributed by atoms with Gasteiger partial charge < -0.3 is 9.47 Å². The molecule has 0 amide bonds. The van der Waals surface area contributed by atoms with E-state index in [2.05, 4.69) is 9.47 Å². The van der Waals surface area contributed by atoms with Gasteiger partial charge in [0.05, 0.1) is 7.11 Å². The minimum atomic E-state index is -0.905. The monoisotopic (exact) mass is 155 g/mol. The number of methoxy groups -OCH3 is 1. The lowest BCUT2D eigenvalue weighted by atomic mass is 10.5. The predicted molar refractivity (Wildman–Crippen MR) is 32.9 cm³/mol. The van der Waals surface area contributed by atoms with Crippen molar-refractivity contribution in [3.63, 3.8) is 0 Å². The maximum Gasteiger partial charge on any atom is 0.346 e. The lowest BCUT2D eigenvalue weighted by Gasteiger charge is -1.87. The maximum atomic E-state index is 10.3. The van der Waals surface area contributed by atoms with Gasteiger partial charge in [0.2, 0.25) is 0 Å². The third-order valence-electron chi connectivity index (χ3n) is 0.703. The molecule has 0 aromatic carbocycles. The molecule has 0 saturated carbocycles. The van der Waals surface area contributed by atoms with Crippen molar-refractivity contribution >= 4 is 11.9 Å². The molecule has 5 heteroatoms. The van der Waals surface area contributed by atoms with Crippen molar-refractivity contribution in [2.45, 2.75) is 0 Å². The Hall–Kier alpha value is -1.83. The Morgan fingerprint density at radius 2 is 1.91 bits per heavy atom. The standard InChI is InChI=1S/C6H5NO4/c1-10-5(8)2-3-6(9)11-4-7/h2-3H,1H3/b3-2-. The van der Waals surface area contributed by atoms with E-state index in [0.717, 1.165) is 18.4 Å². The minimum Gasteiger partial charge on any atom is -0.466 e. The molecule has 0 radical (unpaired) electrons. The largest absolute Gasteiger partial charge is 0.466 e. The van der Waals surface area contributed by atoms with Crippen molar-refractivity contribution in [2.24, 2.45) is 0 Å². The zero-order valence-electron chi connectivity index (χ0n) is 5.73. The van der Waals surface area contributed by atoms with Crippen LogP contribution in [0, 0.1) is 11.5 Å². The number of hydrogen-bond donors (Lipinski definition) is 0. The quantitative estimate of drug-likeness (QED) is 0.312. The van der Waals surface area contributed by atoms with Crippen LogP contribution in [0.25, 0.3) is 0 Å². The molecule has 0 bridgehead atoms. The fourth-order valence-corrected chi connectivity index (χ4v) is 0.283. The van der Waals surface area contributed by atoms with Crippen LogP contribution in [0.3, 0.4) is 0 Å². The zero-order valence-corrected chi connectivity index (χ0v) is 5.73. The summed E-state index contributed by atoms with van der Waals surface area (Å²) >= 11 is 0. The first-order valence-corrected chi connectivity index (χ1v) is 2.56. The second-order valence-electron chi connectivity index (χ2n) is 1.37. The average Bonchev–Trinajstić information content (AvgIpc) is 2.01. The molecule has 0 unspecified atom stereocenters. The number of carbonyl (C=O) groups excluding carboxylic acids is 2. The smallest absolute Gasteiger partial charge is 0.346 e. The molecular formula is C6H5NO4. The molecule has 0 aliphatic rings. The minimum absolute atomic E-state index is 0.681. The van der Waals surface area contributed by atoms with Crippen molar-refractivity contribution in [3.8, 4) is 6.26 Å². The molecule has 0 atom stereocenters. The summed E-state index contributed by atoms with van der Waals surface area (Å²) in [5.74, 6) is -1.59. The predicted octanol–water partition coefficient (Wildman–Crippen LogP) is -0.260. The third-order valence-corrected chi connectivity index (χ3v) is 0.703. The highest BCUT2D eigenvalue weighted by Crippen LogP contribution is 1.81. The number of esters is 2. The number of nitrogens with zero attached hydrogens (tertiary/aromatic N) is 1. The van der Waals surface area contributed by atoms with Gasteiger partial charge in [-0.3, -0.25) is 0 Å². The first-order chi connectivity index (χ1) is 5.20. The van der Waals surface area contributed by atoms with Gasteiger partial charge in [0, 0.05) is 12.2 Å². The van der Waals surface area contributed by atoms with Crippen LogP contribution in [-0.2, 0) is 19.1 Å². The van der Waals surface area contributed by atoms with Gasteiger partial charge in [-0.05, 0) is 0 Å². The van der Waals surface area contributed by atoms with E-state index in [0.29, 0.717) is 0 Å². The molecule has 5 nitrogen and oxygen atoms in total. The molecule has 0 rings (SSSR count). The van der Waals surface area contributed by atoms with Crippen molar-refractivity contribution < 1.29 is 19.1 Å². The maximum absolute atomic E-state index is 10.3. The molecule has 0 saturated heterocycles. The summed E-state index contributed by atoms with van der Waals surface area (Å²) in [6.07, 6.45) is 2.82. The number of rotatable bonds is 2. The molecule has 0 aliphatic carbocycles. The number of hydrogen-bond acceptors (Lipinski definition) is 5. The fourth-order valence-electron chi connectivity index (χ4n) is 0.283. The van der Waals surface area contributed by atoms with Gasteiger partial charge in [-0.2, -0.15) is 0 Å². The van der Waals surface area contributed by atoms with Crippen molar-refractivity contribution in [3.05, 3.63) is 12.2 Å². The van der Waals surface area contributed by atoms with Gasteiger partial charge in [0.1, 0.15) is 0 Å². The second-order valence-corrected chi connectivity index (χ2v) is 1.37. The Labute approximate surface area is 62.8 Å². The van der Waals surface area contributed by atoms with Crippen LogP contribution in [0.2, 0.25) is 0 Å². The average molecular weight is 155 g/mol. The SMILES string of the molecule is COC(=O)/C=C\C(=O)OC#N. The molecule has 0 fully saturated rings. The second kappa shape index (κ2) is 4.99. The van der Waals surface area contributed by atoms with E-state index in [1.165, 1.54) is 7.11 Å². The Balaban J connectivity index is 3.85. The summed E-state index contributed by atoms with van der Waals surface area (Å²) in [4.78, 5) is 20.6. The molecule has 11 heavy (non-hydrogen) atoms. The van der Waals surface area contributed by atoms with Gasteiger partial charge in [0.25, 0.3) is 6.26 Å². The third kappa shape index (κ3) is 4.66. The summed E-state index contributed by atoms with van der Waals surface area (Å²) in [6.45, 7) is 0. The van der Waals surface area contributed by atoms with Crippen LogP contribution < -0.4 is 0 Å². The summed E-state index contributed by atoms with van der Waals surface area (Å²) in [5.41, 5.74) is 0. The van der Waals surface area contributed by atoms with Gasteiger partial charge in [-0.15, -0.1) is 5.26 Å². The molecule has 0 heterocycles. The van der Waals surface area contributed by atoms with E-state index in [-0.39, 0.29) is 0 Å². The first-order valence-electron chi connectivity index (χ1n) is 2.56. The van der Waals surface area contributed by atoms with Crippen molar-refractivity contribution in [2.75, 3.05) is 7.11 Å². The Morgan fingerprint density at radius 1 is 1.36 bits per heavy atom. The molecule has 0 aromatic heterocycles. The van der Waals surface area contributed by atoms with Crippen LogP contribution in [0.15, 0.2) is 12.2 Å². The summed E-state index contributed by atoms with van der Waals surface area (Å²) in [5, 5.41) is 7.82. The lowest BCUT2D eigenvalue weighted by Crippen LogP contribution is -1.98. The zero-order chi connectivity index (χ0) is 8.69. The Morgan fingerprint density at radius 3 is 2.36 bits per heavy atom. The normalized spacial score (nSPS) is 8.73. The number of carbonyl (C=O) groups is 2. The van der Waals surface area contributed by atoms with E-state index in [4.69, 9.17) is 5.26 Å². The van der Waals surface area contributed by atoms with Gasteiger partial charge in [0.15, 0.2) is 0 Å². The number of ether oxygens (including phenoxy) is 2. The van der Waals surface area contributed by atoms with Crippen LogP contribution in [0.5, 0.6) is 0 Å². The van der Waals surface area contributed by atoms with Crippen LogP contribution >= 0.6 is 0 Å². The lowest BCUT2D eigenvalue weighted by molar-refractivity contribution is -0.136. The molecule has 0 N–H and O–H groups in total. The summed E-state index contributed by atoms with van der Waals surface area (Å²) < 4.78 is 7.97. The van der Waals surface area contributed by atoms with Gasteiger partial charge in [-0.25, -0.2) is 9.59 Å². The van der Waals surface area contributed by atoms with E-state index < -0.39 is 11.9 Å². The molecule has 0 spiro atoms. The summed E-state index contributed by atoms with van der Waals surface area (Å²) in [7, 11) is 1.17. The van der Waals surface area contributed by atoms with Crippen LogP contribution in [-0.4, -0.2) is 19.0 Å². The number of nitriles is 1. The Kier molecular flexibility index (Phi) is 4.16. The van der Waals surface area contributed by atoms with E-state index in [1.54, 1.807) is 0 Å². The van der Waals surface area contributed by atoms with E-state index >= 15 is 0 Å². The highest BCUT2D eigenvalue weighted by Gasteiger charge is 1.96. The topological polar surface area (TPSA) is 76.4 Å². The Bertz CT molecular complexity index is 225. The fraction of sp³-hybridized carbons (Fsp3) is 0.167. The highest BCUT2D eigenvalue weighted by atomic mass is 16.5. The van der Waals surface area contributed by atoms with Gasteiger partial charge >= 0.3 is 11.9 Å². The van der Waals surface area contributed by atoms with Crippen molar-refractivity contribution in [1.82, 2.24) is 0 Å². The summed E-state index contributed by atoms with van der Waals surface area (Å²) in [6, 6.07) is 0. The molecule has 0 aliphatic heterocycles. The van der Waals surface area contributed by atoms with E-state index in [1.807, 2.05) is 0 Å².